The van der Waals surface area contributed by atoms with Gasteiger partial charge in [0.05, 0.1) is 6.04 Å². The van der Waals surface area contributed by atoms with Crippen molar-refractivity contribution in [2.24, 2.45) is 0 Å². The summed E-state index contributed by atoms with van der Waals surface area (Å²) in [6, 6.07) is 7.42. The van der Waals surface area contributed by atoms with E-state index in [1.807, 2.05) is 24.3 Å². The van der Waals surface area contributed by atoms with Crippen molar-refractivity contribution in [3.05, 3.63) is 24.3 Å². The predicted octanol–water partition coefficient (Wildman–Crippen LogP) is 1.96. The number of likely N-dealkylation sites (N-methyl/N-ethyl adjacent to an activating group) is 1. The fraction of sp³-hybridized carbons (Fsp3) is 0.600. The molecule has 27 heavy (non-hydrogen) atoms. The maximum absolute atomic E-state index is 12.8. The summed E-state index contributed by atoms with van der Waals surface area (Å²) in [6.45, 7) is 6.46. The van der Waals surface area contributed by atoms with E-state index < -0.39 is 5.54 Å². The molecule has 0 spiro atoms. The van der Waals surface area contributed by atoms with Crippen LogP contribution >= 0.6 is 0 Å². The smallest absolute Gasteiger partial charge is 0.327 e. The van der Waals surface area contributed by atoms with Gasteiger partial charge in [0, 0.05) is 20.1 Å². The molecule has 3 amide bonds. The molecule has 0 bridgehead atoms. The van der Waals surface area contributed by atoms with Crippen LogP contribution in [0.15, 0.2) is 24.3 Å². The zero-order valence-corrected chi connectivity index (χ0v) is 16.2. The Morgan fingerprint density at radius 1 is 1.19 bits per heavy atom. The molecule has 3 heterocycles. The second-order valence-electron chi connectivity index (χ2n) is 8.13. The van der Waals surface area contributed by atoms with Crippen LogP contribution in [0.5, 0.6) is 11.5 Å². The van der Waals surface area contributed by atoms with Gasteiger partial charge in [-0.3, -0.25) is 14.6 Å². The quantitative estimate of drug-likeness (QED) is 0.758. The summed E-state index contributed by atoms with van der Waals surface area (Å²) in [5, 5.41) is 0. The van der Waals surface area contributed by atoms with Gasteiger partial charge in [0.15, 0.2) is 11.5 Å². The zero-order chi connectivity index (χ0) is 19.2. The SMILES string of the molecule is CN1C(=O)N(C2CCCN(CC3COc4ccccc4O3)C2)C(=O)C1(C)C. The number of rotatable bonds is 3. The van der Waals surface area contributed by atoms with Crippen LogP contribution < -0.4 is 9.47 Å². The van der Waals surface area contributed by atoms with Gasteiger partial charge in [-0.1, -0.05) is 12.1 Å². The van der Waals surface area contributed by atoms with E-state index in [-0.39, 0.29) is 24.1 Å². The van der Waals surface area contributed by atoms with Crippen LogP contribution in [-0.2, 0) is 4.79 Å². The number of para-hydroxylation sites is 2. The lowest BCUT2D eigenvalue weighted by molar-refractivity contribution is -0.133. The third-order valence-electron chi connectivity index (χ3n) is 5.95. The third-order valence-corrected chi connectivity index (χ3v) is 5.95. The molecule has 0 aliphatic carbocycles. The second-order valence-corrected chi connectivity index (χ2v) is 8.13. The molecule has 2 fully saturated rings. The molecule has 3 aliphatic rings. The molecule has 3 aliphatic heterocycles. The van der Waals surface area contributed by atoms with Crippen molar-refractivity contribution in [3.63, 3.8) is 0 Å². The summed E-state index contributed by atoms with van der Waals surface area (Å²) >= 11 is 0. The van der Waals surface area contributed by atoms with Crippen molar-refractivity contribution in [1.82, 2.24) is 14.7 Å². The fourth-order valence-corrected chi connectivity index (χ4v) is 4.10. The summed E-state index contributed by atoms with van der Waals surface area (Å²) in [7, 11) is 1.70. The van der Waals surface area contributed by atoms with E-state index in [1.165, 1.54) is 4.90 Å². The topological polar surface area (TPSA) is 62.3 Å². The number of benzene rings is 1. The Labute approximate surface area is 159 Å². The first-order chi connectivity index (χ1) is 12.9. The molecule has 0 radical (unpaired) electrons. The largest absolute Gasteiger partial charge is 0.486 e. The number of nitrogens with zero attached hydrogens (tertiary/aromatic N) is 3. The second kappa shape index (κ2) is 6.71. The van der Waals surface area contributed by atoms with Crippen molar-refractivity contribution in [1.29, 1.82) is 0 Å². The molecular weight excluding hydrogens is 346 g/mol. The van der Waals surface area contributed by atoms with Crippen molar-refractivity contribution >= 4 is 11.9 Å². The van der Waals surface area contributed by atoms with E-state index in [1.54, 1.807) is 25.8 Å². The molecule has 146 valence electrons. The van der Waals surface area contributed by atoms with E-state index in [0.717, 1.165) is 37.4 Å². The molecule has 2 unspecified atom stereocenters. The summed E-state index contributed by atoms with van der Waals surface area (Å²) in [4.78, 5) is 30.7. The van der Waals surface area contributed by atoms with Gasteiger partial charge in [-0.2, -0.15) is 0 Å². The minimum atomic E-state index is -0.774. The molecule has 7 nitrogen and oxygen atoms in total. The highest BCUT2D eigenvalue weighted by molar-refractivity contribution is 6.06. The van der Waals surface area contributed by atoms with Gasteiger partial charge >= 0.3 is 6.03 Å². The van der Waals surface area contributed by atoms with Gasteiger partial charge in [-0.25, -0.2) is 4.79 Å². The average molecular weight is 373 g/mol. The number of likely N-dealkylation sites (tertiary alicyclic amines) is 1. The number of hydrogen-bond acceptors (Lipinski definition) is 5. The van der Waals surface area contributed by atoms with E-state index in [4.69, 9.17) is 9.47 Å². The fourth-order valence-electron chi connectivity index (χ4n) is 4.10. The molecule has 2 saturated heterocycles. The minimum Gasteiger partial charge on any atom is -0.486 e. The Morgan fingerprint density at radius 3 is 2.63 bits per heavy atom. The van der Waals surface area contributed by atoms with Crippen molar-refractivity contribution < 1.29 is 19.1 Å². The van der Waals surface area contributed by atoms with Gasteiger partial charge in [0.2, 0.25) is 0 Å². The molecule has 7 heteroatoms. The van der Waals surface area contributed by atoms with Crippen molar-refractivity contribution in [2.45, 2.75) is 44.4 Å². The first-order valence-corrected chi connectivity index (χ1v) is 9.60. The lowest BCUT2D eigenvalue weighted by atomic mass is 10.0. The summed E-state index contributed by atoms with van der Waals surface area (Å²) in [6.07, 6.45) is 1.75. The predicted molar refractivity (Wildman–Crippen MR) is 99.9 cm³/mol. The highest BCUT2D eigenvalue weighted by atomic mass is 16.6. The Kier molecular flexibility index (Phi) is 4.50. The van der Waals surface area contributed by atoms with Crippen LogP contribution in [0.25, 0.3) is 0 Å². The highest BCUT2D eigenvalue weighted by Gasteiger charge is 2.52. The third kappa shape index (κ3) is 3.14. The van der Waals surface area contributed by atoms with Crippen LogP contribution in [0.2, 0.25) is 0 Å². The van der Waals surface area contributed by atoms with E-state index in [0.29, 0.717) is 13.2 Å². The number of hydrogen-bond donors (Lipinski definition) is 0. The highest BCUT2D eigenvalue weighted by Crippen LogP contribution is 2.32. The summed E-state index contributed by atoms with van der Waals surface area (Å²) in [5.41, 5.74) is -0.774. The molecule has 4 rings (SSSR count). The number of amides is 3. The zero-order valence-electron chi connectivity index (χ0n) is 16.2. The van der Waals surface area contributed by atoms with Crippen LogP contribution in [0.1, 0.15) is 26.7 Å². The van der Waals surface area contributed by atoms with Crippen LogP contribution in [-0.4, -0.2) is 77.6 Å². The lowest BCUT2D eigenvalue weighted by Crippen LogP contribution is -2.53. The molecule has 2 atom stereocenters. The van der Waals surface area contributed by atoms with Crippen LogP contribution in [0.3, 0.4) is 0 Å². The molecular formula is C20H27N3O4. The first-order valence-electron chi connectivity index (χ1n) is 9.60. The standard InChI is InChI=1S/C20H27N3O4/c1-20(2)18(24)23(19(25)21(20)3)14-7-6-10-22(11-14)12-15-13-26-16-8-4-5-9-17(16)27-15/h4-5,8-9,14-15H,6-7,10-13H2,1-3H3. The normalized spacial score (nSPS) is 28.0. The Morgan fingerprint density at radius 2 is 1.93 bits per heavy atom. The summed E-state index contributed by atoms with van der Waals surface area (Å²) in [5.74, 6) is 1.45. The molecule has 0 saturated carbocycles. The number of carbonyl (C=O) groups excluding carboxylic acids is 2. The molecule has 0 aromatic heterocycles. The molecule has 1 aromatic rings. The van der Waals surface area contributed by atoms with Gasteiger partial charge in [0.25, 0.3) is 5.91 Å². The molecule has 1 aromatic carbocycles. The van der Waals surface area contributed by atoms with Crippen molar-refractivity contribution in [2.75, 3.05) is 33.3 Å². The number of ether oxygens (including phenoxy) is 2. The minimum absolute atomic E-state index is 0.0530. The van der Waals surface area contributed by atoms with E-state index >= 15 is 0 Å². The summed E-state index contributed by atoms with van der Waals surface area (Å²) < 4.78 is 11.9. The monoisotopic (exact) mass is 373 g/mol. The van der Waals surface area contributed by atoms with E-state index in [9.17, 15) is 9.59 Å². The average Bonchev–Trinajstić information content (AvgIpc) is 2.81. The number of piperidine rings is 1. The van der Waals surface area contributed by atoms with Crippen LogP contribution in [0.4, 0.5) is 4.79 Å². The molecule has 0 N–H and O–H groups in total. The Balaban J connectivity index is 1.41. The number of fused-ring (bicyclic) bond motifs is 1. The Bertz CT molecular complexity index is 750. The first kappa shape index (κ1) is 18.1. The van der Waals surface area contributed by atoms with Gasteiger partial charge in [-0.05, 0) is 45.4 Å². The number of carbonyl (C=O) groups is 2. The van der Waals surface area contributed by atoms with Gasteiger partial charge < -0.3 is 14.4 Å². The lowest BCUT2D eigenvalue weighted by Gasteiger charge is -2.38. The Hall–Kier alpha value is -2.28. The maximum Gasteiger partial charge on any atom is 0.327 e. The number of urea groups is 1. The van der Waals surface area contributed by atoms with Gasteiger partial charge in [-0.15, -0.1) is 0 Å². The van der Waals surface area contributed by atoms with E-state index in [2.05, 4.69) is 4.90 Å². The number of imide groups is 1. The van der Waals surface area contributed by atoms with Crippen LogP contribution in [0, 0.1) is 0 Å². The van der Waals surface area contributed by atoms with Gasteiger partial charge in [0.1, 0.15) is 18.2 Å². The maximum atomic E-state index is 12.8. The van der Waals surface area contributed by atoms with Crippen molar-refractivity contribution in [3.8, 4) is 11.5 Å².